The van der Waals surface area contributed by atoms with Gasteiger partial charge in [-0.1, -0.05) is 0 Å². The number of nitrogens with one attached hydrogen (secondary N) is 1. The number of aromatic nitrogens is 1. The third kappa shape index (κ3) is 1.71. The summed E-state index contributed by atoms with van der Waals surface area (Å²) in [5, 5.41) is 11.7. The highest BCUT2D eigenvalue weighted by molar-refractivity contribution is 5.86. The van der Waals surface area contributed by atoms with Gasteiger partial charge in [0, 0.05) is 11.6 Å². The Kier molecular flexibility index (Phi) is 2.25. The third-order valence-electron chi connectivity index (χ3n) is 1.20. The van der Waals surface area contributed by atoms with Gasteiger partial charge in [-0.15, -0.1) is 0 Å². The third-order valence-corrected chi connectivity index (χ3v) is 1.20. The van der Waals surface area contributed by atoms with E-state index in [9.17, 15) is 4.79 Å². The Bertz CT molecular complexity index is 318. The van der Waals surface area contributed by atoms with Crippen LogP contribution in [-0.2, 0) is 0 Å². The zero-order chi connectivity index (χ0) is 8.97. The van der Waals surface area contributed by atoms with Gasteiger partial charge in [-0.3, -0.25) is 0 Å². The molecule has 0 unspecified atom stereocenters. The number of carboxylic acids is 1. The van der Waals surface area contributed by atoms with Crippen molar-refractivity contribution in [3.05, 3.63) is 34.3 Å². The minimum Gasteiger partial charge on any atom is -0.478 e. The van der Waals surface area contributed by atoms with Crippen LogP contribution in [0.2, 0.25) is 0 Å². The van der Waals surface area contributed by atoms with Crippen LogP contribution in [0.15, 0.2) is 23.4 Å². The predicted molar refractivity (Wildman–Crippen MR) is 38.8 cm³/mol. The van der Waals surface area contributed by atoms with Gasteiger partial charge in [0.15, 0.2) is 0 Å². The summed E-state index contributed by atoms with van der Waals surface area (Å²) in [5.74, 6) is -0.749. The van der Waals surface area contributed by atoms with E-state index >= 15 is 0 Å². The molecule has 0 amide bonds. The molecule has 6 heteroatoms. The van der Waals surface area contributed by atoms with Crippen molar-refractivity contribution in [3.8, 4) is 0 Å². The molecule has 0 aliphatic heterocycles. The molecule has 0 saturated carbocycles. The molecule has 1 aromatic rings. The first-order valence-electron chi connectivity index (χ1n) is 3.04. The summed E-state index contributed by atoms with van der Waals surface area (Å²) in [5.41, 5.74) is 8.14. The Balaban J connectivity index is 3.00. The van der Waals surface area contributed by atoms with E-state index in [1.54, 1.807) is 0 Å². The fourth-order valence-electron chi connectivity index (χ4n) is 0.660. The van der Waals surface area contributed by atoms with Crippen molar-refractivity contribution in [2.75, 3.05) is 0 Å². The lowest BCUT2D eigenvalue weighted by Gasteiger charge is -1.86. The minimum absolute atomic E-state index is 0.117. The van der Waals surface area contributed by atoms with Crippen LogP contribution in [0.5, 0.6) is 0 Å². The smallest absolute Gasteiger partial charge is 0.414 e. The van der Waals surface area contributed by atoms with Crippen LogP contribution in [-0.4, -0.2) is 11.1 Å². The second-order valence-electron chi connectivity index (χ2n) is 1.96. The quantitative estimate of drug-likeness (QED) is 0.403. The molecule has 0 spiro atoms. The van der Waals surface area contributed by atoms with E-state index in [1.165, 1.54) is 18.3 Å². The van der Waals surface area contributed by atoms with Crippen molar-refractivity contribution in [2.45, 2.75) is 0 Å². The second-order valence-corrected chi connectivity index (χ2v) is 1.96. The molecule has 0 atom stereocenters. The lowest BCUT2D eigenvalue weighted by atomic mass is 10.3. The van der Waals surface area contributed by atoms with E-state index in [2.05, 4.69) is 15.0 Å². The predicted octanol–water partition coefficient (Wildman–Crippen LogP) is 1.14. The summed E-state index contributed by atoms with van der Waals surface area (Å²) < 4.78 is 0. The molecule has 1 rings (SSSR count). The number of aromatic amines is 1. The summed E-state index contributed by atoms with van der Waals surface area (Å²) in [6, 6.07) is 2.74. The number of carboxylic acid groups (broad SMARTS) is 1. The minimum atomic E-state index is -1.03. The topological polar surface area (TPSA) is 100 Å². The van der Waals surface area contributed by atoms with Gasteiger partial charge < -0.3 is 5.11 Å². The van der Waals surface area contributed by atoms with Gasteiger partial charge in [-0.25, -0.2) is 9.78 Å². The van der Waals surface area contributed by atoms with Crippen molar-refractivity contribution in [2.24, 2.45) is 5.11 Å². The molecule has 0 fully saturated rings. The molecule has 1 aromatic heterocycles. The molecule has 12 heavy (non-hydrogen) atoms. The second kappa shape index (κ2) is 3.36. The zero-order valence-corrected chi connectivity index (χ0v) is 5.93. The Morgan fingerprint density at radius 3 is 2.83 bits per heavy atom. The Labute approximate surface area is 67.1 Å². The molecule has 0 aliphatic rings. The van der Waals surface area contributed by atoms with Gasteiger partial charge in [0.2, 0.25) is 4.91 Å². The van der Waals surface area contributed by atoms with E-state index in [0.29, 0.717) is 0 Å². The molecule has 2 N–H and O–H groups in total. The molecular weight excluding hydrogens is 160 g/mol. The first-order valence-corrected chi connectivity index (χ1v) is 3.04. The molecule has 0 saturated heterocycles. The molecular formula is C6H5N4O2+. The van der Waals surface area contributed by atoms with E-state index in [1.807, 2.05) is 0 Å². The van der Waals surface area contributed by atoms with E-state index < -0.39 is 5.97 Å². The highest BCUT2D eigenvalue weighted by Crippen LogP contribution is 2.03. The van der Waals surface area contributed by atoms with Gasteiger partial charge in [0.25, 0.3) is 0 Å². The summed E-state index contributed by atoms with van der Waals surface area (Å²) in [7, 11) is 0. The molecule has 6 nitrogen and oxygen atoms in total. The van der Waals surface area contributed by atoms with Gasteiger partial charge in [0.05, 0.1) is 5.56 Å². The summed E-state index contributed by atoms with van der Waals surface area (Å²) in [6.45, 7) is 0. The standard InChI is InChI=1S/C6H4N4O2/c7-10-9-5-2-1-4(3-8-5)6(11)12/h1-3H,(H,11,12)/p+1. The number of nitrogens with zero attached hydrogens (tertiary/aromatic N) is 3. The van der Waals surface area contributed by atoms with Crippen LogP contribution in [0, 0.1) is 0 Å². The van der Waals surface area contributed by atoms with Gasteiger partial charge in [-0.2, -0.15) is 0 Å². The highest BCUT2D eigenvalue weighted by Gasteiger charge is 2.09. The number of rotatable bonds is 2. The number of carbonyl (C=O) groups is 1. The Morgan fingerprint density at radius 2 is 2.42 bits per heavy atom. The fourth-order valence-corrected chi connectivity index (χ4v) is 0.660. The zero-order valence-electron chi connectivity index (χ0n) is 5.93. The maximum Gasteiger partial charge on any atom is 0.414 e. The number of azide groups is 1. The molecule has 0 aromatic carbocycles. The van der Waals surface area contributed by atoms with Crippen LogP contribution in [0.25, 0.3) is 10.4 Å². The first kappa shape index (κ1) is 8.03. The molecule has 0 aliphatic carbocycles. The Hall–Kier alpha value is -2.07. The Morgan fingerprint density at radius 1 is 1.67 bits per heavy atom. The van der Waals surface area contributed by atoms with Crippen molar-refractivity contribution in [1.82, 2.24) is 0 Å². The van der Waals surface area contributed by atoms with Crippen molar-refractivity contribution in [3.63, 3.8) is 0 Å². The largest absolute Gasteiger partial charge is 0.478 e. The molecule has 1 heterocycles. The molecule has 0 radical (unpaired) electrons. The van der Waals surface area contributed by atoms with Gasteiger partial charge in [0.1, 0.15) is 6.20 Å². The fraction of sp³-hybridized carbons (Fsp3) is 0. The van der Waals surface area contributed by atoms with E-state index in [4.69, 9.17) is 10.6 Å². The van der Waals surface area contributed by atoms with Crippen LogP contribution >= 0.6 is 0 Å². The monoisotopic (exact) mass is 165 g/mol. The number of H-pyrrole nitrogens is 1. The lowest BCUT2D eigenvalue weighted by Crippen LogP contribution is -2.06. The van der Waals surface area contributed by atoms with Crippen molar-refractivity contribution >= 4 is 11.8 Å². The van der Waals surface area contributed by atoms with Crippen LogP contribution in [0.3, 0.4) is 0 Å². The highest BCUT2D eigenvalue weighted by atomic mass is 16.4. The molecule has 0 bridgehead atoms. The molecule has 60 valence electrons. The summed E-state index contributed by atoms with van der Waals surface area (Å²) in [4.78, 5) is 15.4. The van der Waals surface area contributed by atoms with Gasteiger partial charge >= 0.3 is 16.9 Å². The van der Waals surface area contributed by atoms with Crippen LogP contribution < -0.4 is 4.98 Å². The first-order chi connectivity index (χ1) is 5.74. The normalized spacial score (nSPS) is 8.67. The number of aromatic carboxylic acids is 1. The number of hydrogen-bond donors (Lipinski definition) is 1. The summed E-state index contributed by atoms with van der Waals surface area (Å²) in [6.07, 6.45) is 1.26. The average molecular weight is 165 g/mol. The van der Waals surface area contributed by atoms with Gasteiger partial charge in [-0.05, 0) is 6.07 Å². The number of pyridine rings is 1. The van der Waals surface area contributed by atoms with E-state index in [0.717, 1.165) is 0 Å². The maximum absolute atomic E-state index is 10.3. The average Bonchev–Trinajstić information content (AvgIpc) is 2.06. The van der Waals surface area contributed by atoms with Crippen LogP contribution in [0.4, 0.5) is 5.82 Å². The van der Waals surface area contributed by atoms with Crippen molar-refractivity contribution < 1.29 is 14.9 Å². The van der Waals surface area contributed by atoms with Crippen LogP contribution in [0.1, 0.15) is 10.4 Å². The van der Waals surface area contributed by atoms with E-state index in [-0.39, 0.29) is 11.4 Å². The van der Waals surface area contributed by atoms with Crippen molar-refractivity contribution in [1.29, 1.82) is 0 Å². The lowest BCUT2D eigenvalue weighted by molar-refractivity contribution is -0.363. The SMILES string of the molecule is [N-]=[N+]=Nc1ccc(C(=O)O)c[nH+]1. The number of hydrogen-bond acceptors (Lipinski definition) is 2. The summed E-state index contributed by atoms with van der Waals surface area (Å²) >= 11 is 0. The maximum atomic E-state index is 10.3.